The Bertz CT molecular complexity index is 642. The lowest BCUT2D eigenvalue weighted by Crippen LogP contribution is -2.55. The average Bonchev–Trinajstić information content (AvgIpc) is 2.73. The zero-order valence-corrected chi connectivity index (χ0v) is 15.3. The molecule has 2 amide bonds. The topological polar surface area (TPSA) is 60.9 Å². The van der Waals surface area contributed by atoms with Gasteiger partial charge in [-0.15, -0.1) is 0 Å². The second kappa shape index (κ2) is 8.04. The van der Waals surface area contributed by atoms with Gasteiger partial charge in [-0.3, -0.25) is 9.59 Å². The number of aliphatic hydroxyl groups excluding tert-OH is 1. The molecule has 140 valence electrons. The predicted molar refractivity (Wildman–Crippen MR) is 101 cm³/mol. The summed E-state index contributed by atoms with van der Waals surface area (Å²) in [6, 6.07) is 9.98. The van der Waals surface area contributed by atoms with E-state index >= 15 is 0 Å². The number of hydrogen-bond acceptors (Lipinski definition) is 3. The summed E-state index contributed by atoms with van der Waals surface area (Å²) in [5, 5.41) is 9.35. The van der Waals surface area contributed by atoms with Gasteiger partial charge in [-0.05, 0) is 43.2 Å². The average molecular weight is 356 g/mol. The molecule has 3 rings (SSSR count). The zero-order valence-electron chi connectivity index (χ0n) is 15.3. The van der Waals surface area contributed by atoms with Crippen molar-refractivity contribution in [3.63, 3.8) is 0 Å². The molecule has 0 radical (unpaired) electrons. The molecule has 0 aliphatic carbocycles. The van der Waals surface area contributed by atoms with Crippen LogP contribution in [0.4, 0.5) is 0 Å². The third kappa shape index (κ3) is 3.54. The van der Waals surface area contributed by atoms with Crippen LogP contribution in [0.15, 0.2) is 43.0 Å². The molecule has 0 spiro atoms. The lowest BCUT2D eigenvalue weighted by atomic mass is 9.71. The maximum atomic E-state index is 13.6. The van der Waals surface area contributed by atoms with E-state index in [9.17, 15) is 14.7 Å². The van der Waals surface area contributed by atoms with Crippen molar-refractivity contribution in [3.05, 3.63) is 48.6 Å². The second-order valence-electron chi connectivity index (χ2n) is 7.40. The molecule has 2 fully saturated rings. The van der Waals surface area contributed by atoms with Gasteiger partial charge in [0.15, 0.2) is 0 Å². The maximum absolute atomic E-state index is 13.6. The Kier molecular flexibility index (Phi) is 5.77. The molecular weight excluding hydrogens is 328 g/mol. The molecular formula is C21H28N2O3. The number of aliphatic hydroxyl groups is 1. The van der Waals surface area contributed by atoms with Crippen molar-refractivity contribution in [3.8, 4) is 0 Å². The van der Waals surface area contributed by atoms with E-state index in [-0.39, 0.29) is 18.4 Å². The fourth-order valence-electron chi connectivity index (χ4n) is 4.24. The van der Waals surface area contributed by atoms with Crippen LogP contribution in [-0.4, -0.2) is 59.5 Å². The molecule has 0 aromatic heterocycles. The number of hydrogen-bond donors (Lipinski definition) is 1. The molecule has 1 N–H and O–H groups in total. The van der Waals surface area contributed by atoms with E-state index in [1.807, 2.05) is 35.2 Å². The van der Waals surface area contributed by atoms with Gasteiger partial charge >= 0.3 is 0 Å². The number of rotatable bonds is 4. The molecule has 5 heteroatoms. The molecule has 0 saturated carbocycles. The van der Waals surface area contributed by atoms with E-state index in [2.05, 4.69) is 6.58 Å². The fourth-order valence-corrected chi connectivity index (χ4v) is 4.24. The largest absolute Gasteiger partial charge is 0.396 e. The first kappa shape index (κ1) is 18.6. The quantitative estimate of drug-likeness (QED) is 0.839. The summed E-state index contributed by atoms with van der Waals surface area (Å²) in [4.78, 5) is 29.2. The number of likely N-dealkylation sites (tertiary alicyclic amines) is 2. The standard InChI is InChI=1S/C21H28N2O3/c1-2-19(25)22-14-10-21(11-15-22,18-6-4-3-5-7-18)20(26)23-12-8-17(16-24)9-13-23/h2-7,17,24H,1,8-16H2. The van der Waals surface area contributed by atoms with Gasteiger partial charge in [-0.25, -0.2) is 0 Å². The molecule has 5 nitrogen and oxygen atoms in total. The van der Waals surface area contributed by atoms with Crippen molar-refractivity contribution in [1.82, 2.24) is 9.80 Å². The third-order valence-corrected chi connectivity index (χ3v) is 6.00. The van der Waals surface area contributed by atoms with Gasteiger partial charge in [0.05, 0.1) is 5.41 Å². The number of carbonyl (C=O) groups is 2. The summed E-state index contributed by atoms with van der Waals surface area (Å²) in [7, 11) is 0. The number of nitrogens with zero attached hydrogens (tertiary/aromatic N) is 2. The Morgan fingerprint density at radius 1 is 1.08 bits per heavy atom. The Morgan fingerprint density at radius 3 is 2.23 bits per heavy atom. The normalized spacial score (nSPS) is 20.7. The van der Waals surface area contributed by atoms with Gasteiger partial charge in [0, 0.05) is 32.8 Å². The smallest absolute Gasteiger partial charge is 0.245 e. The van der Waals surface area contributed by atoms with Crippen LogP contribution < -0.4 is 0 Å². The first-order chi connectivity index (χ1) is 12.6. The van der Waals surface area contributed by atoms with Crippen LogP contribution in [0.1, 0.15) is 31.2 Å². The molecule has 2 heterocycles. The number of amides is 2. The SMILES string of the molecule is C=CC(=O)N1CCC(C(=O)N2CCC(CO)CC2)(c2ccccc2)CC1. The first-order valence-electron chi connectivity index (χ1n) is 9.48. The molecule has 0 unspecified atom stereocenters. The molecule has 2 aliphatic rings. The van der Waals surface area contributed by atoms with Gasteiger partial charge in [0.1, 0.15) is 0 Å². The van der Waals surface area contributed by atoms with Crippen LogP contribution >= 0.6 is 0 Å². The summed E-state index contributed by atoms with van der Waals surface area (Å²) >= 11 is 0. The second-order valence-corrected chi connectivity index (χ2v) is 7.40. The van der Waals surface area contributed by atoms with E-state index in [0.717, 1.165) is 18.4 Å². The molecule has 26 heavy (non-hydrogen) atoms. The molecule has 1 aromatic carbocycles. The minimum atomic E-state index is -0.564. The summed E-state index contributed by atoms with van der Waals surface area (Å²) in [6.45, 7) is 6.31. The van der Waals surface area contributed by atoms with E-state index in [0.29, 0.717) is 44.9 Å². The Hall–Kier alpha value is -2.14. The third-order valence-electron chi connectivity index (χ3n) is 6.00. The zero-order chi connectivity index (χ0) is 18.6. The van der Waals surface area contributed by atoms with Crippen molar-refractivity contribution >= 4 is 11.8 Å². The first-order valence-corrected chi connectivity index (χ1v) is 9.48. The highest BCUT2D eigenvalue weighted by Crippen LogP contribution is 2.38. The highest BCUT2D eigenvalue weighted by Gasteiger charge is 2.45. The van der Waals surface area contributed by atoms with E-state index in [1.165, 1.54) is 6.08 Å². The molecule has 0 atom stereocenters. The van der Waals surface area contributed by atoms with Crippen molar-refractivity contribution in [2.24, 2.45) is 5.92 Å². The van der Waals surface area contributed by atoms with Gasteiger partial charge < -0.3 is 14.9 Å². The minimum absolute atomic E-state index is 0.0668. The highest BCUT2D eigenvalue weighted by molar-refractivity contribution is 5.90. The molecule has 2 saturated heterocycles. The van der Waals surface area contributed by atoms with Crippen LogP contribution in [0.5, 0.6) is 0 Å². The van der Waals surface area contributed by atoms with Crippen molar-refractivity contribution < 1.29 is 14.7 Å². The van der Waals surface area contributed by atoms with E-state index in [1.54, 1.807) is 4.90 Å². The minimum Gasteiger partial charge on any atom is -0.396 e. The van der Waals surface area contributed by atoms with Crippen molar-refractivity contribution in [1.29, 1.82) is 0 Å². The highest BCUT2D eigenvalue weighted by atomic mass is 16.3. The van der Waals surface area contributed by atoms with Gasteiger partial charge in [0.2, 0.25) is 11.8 Å². The van der Waals surface area contributed by atoms with Gasteiger partial charge in [0.25, 0.3) is 0 Å². The number of carbonyl (C=O) groups excluding carboxylic acids is 2. The van der Waals surface area contributed by atoms with Crippen LogP contribution in [0.2, 0.25) is 0 Å². The molecule has 0 bridgehead atoms. The number of piperidine rings is 2. The fraction of sp³-hybridized carbons (Fsp3) is 0.524. The lowest BCUT2D eigenvalue weighted by molar-refractivity contribution is -0.143. The Labute approximate surface area is 155 Å². The number of benzene rings is 1. The maximum Gasteiger partial charge on any atom is 0.245 e. The molecule has 1 aromatic rings. The Morgan fingerprint density at radius 2 is 1.69 bits per heavy atom. The monoisotopic (exact) mass is 356 g/mol. The summed E-state index contributed by atoms with van der Waals surface area (Å²) in [5.74, 6) is 0.410. The van der Waals surface area contributed by atoms with Crippen LogP contribution in [0.25, 0.3) is 0 Å². The summed E-state index contributed by atoms with van der Waals surface area (Å²) < 4.78 is 0. The molecule has 2 aliphatic heterocycles. The van der Waals surface area contributed by atoms with Crippen LogP contribution in [-0.2, 0) is 15.0 Å². The van der Waals surface area contributed by atoms with Gasteiger partial charge in [-0.1, -0.05) is 36.9 Å². The van der Waals surface area contributed by atoms with Crippen molar-refractivity contribution in [2.75, 3.05) is 32.8 Å². The van der Waals surface area contributed by atoms with E-state index < -0.39 is 5.41 Å². The summed E-state index contributed by atoms with van der Waals surface area (Å²) in [5.41, 5.74) is 0.477. The van der Waals surface area contributed by atoms with Crippen LogP contribution in [0, 0.1) is 5.92 Å². The van der Waals surface area contributed by atoms with Crippen LogP contribution in [0.3, 0.4) is 0 Å². The lowest BCUT2D eigenvalue weighted by Gasteiger charge is -2.44. The van der Waals surface area contributed by atoms with Crippen molar-refractivity contribution in [2.45, 2.75) is 31.1 Å². The van der Waals surface area contributed by atoms with Gasteiger partial charge in [-0.2, -0.15) is 0 Å². The predicted octanol–water partition coefficient (Wildman–Crippen LogP) is 1.96. The van der Waals surface area contributed by atoms with E-state index in [4.69, 9.17) is 0 Å². The Balaban J connectivity index is 1.82. The summed E-state index contributed by atoms with van der Waals surface area (Å²) in [6.07, 6.45) is 4.32.